The zero-order valence-corrected chi connectivity index (χ0v) is 18.5. The smallest absolute Gasteiger partial charge is 0.266 e. The highest BCUT2D eigenvalue weighted by Gasteiger charge is 2.12. The maximum Gasteiger partial charge on any atom is 0.266 e. The van der Waals surface area contributed by atoms with Gasteiger partial charge in [-0.2, -0.15) is 5.26 Å². The molecule has 0 aliphatic heterocycles. The summed E-state index contributed by atoms with van der Waals surface area (Å²) in [5.41, 5.74) is 2.27. The first-order valence-corrected chi connectivity index (χ1v) is 10.8. The molecule has 1 amide bonds. The normalized spacial score (nSPS) is 11.1. The molecule has 0 radical (unpaired) electrons. The van der Waals surface area contributed by atoms with Crippen molar-refractivity contribution >= 4 is 29.3 Å². The first-order chi connectivity index (χ1) is 14.5. The SMILES string of the molecule is CCCCCCCCOc1ccc(Cl)cc1/C=C(\C#N)C(=O)Nc1cccc(C)c1. The van der Waals surface area contributed by atoms with Crippen LogP contribution in [0.3, 0.4) is 0 Å². The Hall–Kier alpha value is -2.77. The Balaban J connectivity index is 2.06. The molecule has 1 N–H and O–H groups in total. The summed E-state index contributed by atoms with van der Waals surface area (Å²) in [5, 5.41) is 12.8. The van der Waals surface area contributed by atoms with Gasteiger partial charge in [0.05, 0.1) is 6.61 Å². The van der Waals surface area contributed by atoms with Crippen molar-refractivity contribution < 1.29 is 9.53 Å². The van der Waals surface area contributed by atoms with Crippen molar-refractivity contribution in [1.29, 1.82) is 5.26 Å². The van der Waals surface area contributed by atoms with Crippen LogP contribution in [0.25, 0.3) is 6.08 Å². The fourth-order valence-corrected chi connectivity index (χ4v) is 3.23. The van der Waals surface area contributed by atoms with E-state index in [9.17, 15) is 10.1 Å². The minimum Gasteiger partial charge on any atom is -0.493 e. The van der Waals surface area contributed by atoms with E-state index in [4.69, 9.17) is 16.3 Å². The number of aryl methyl sites for hydroxylation is 1. The summed E-state index contributed by atoms with van der Waals surface area (Å²) in [6.07, 6.45) is 8.59. The van der Waals surface area contributed by atoms with Crippen LogP contribution in [0, 0.1) is 18.3 Å². The number of nitrogens with one attached hydrogen (secondary N) is 1. The lowest BCUT2D eigenvalue weighted by Gasteiger charge is -2.11. The molecule has 2 aromatic carbocycles. The van der Waals surface area contributed by atoms with Crippen LogP contribution in [0.1, 0.15) is 56.6 Å². The number of nitriles is 1. The van der Waals surface area contributed by atoms with Crippen molar-refractivity contribution in [2.45, 2.75) is 52.4 Å². The Morgan fingerprint density at radius 2 is 1.90 bits per heavy atom. The van der Waals surface area contributed by atoms with Gasteiger partial charge in [0, 0.05) is 16.3 Å². The van der Waals surface area contributed by atoms with E-state index >= 15 is 0 Å². The van der Waals surface area contributed by atoms with Crippen LogP contribution in [0.2, 0.25) is 5.02 Å². The van der Waals surface area contributed by atoms with Gasteiger partial charge in [-0.05, 0) is 55.3 Å². The zero-order chi connectivity index (χ0) is 21.8. The zero-order valence-electron chi connectivity index (χ0n) is 17.7. The molecule has 2 aromatic rings. The van der Waals surface area contributed by atoms with Crippen LogP contribution in [-0.4, -0.2) is 12.5 Å². The number of carbonyl (C=O) groups is 1. The number of halogens is 1. The number of amides is 1. The van der Waals surface area contributed by atoms with Gasteiger partial charge in [-0.1, -0.05) is 62.8 Å². The maximum atomic E-state index is 12.6. The summed E-state index contributed by atoms with van der Waals surface area (Å²) in [6, 6.07) is 14.6. The lowest BCUT2D eigenvalue weighted by atomic mass is 10.1. The second-order valence-electron chi connectivity index (χ2n) is 7.29. The lowest BCUT2D eigenvalue weighted by molar-refractivity contribution is -0.112. The summed E-state index contributed by atoms with van der Waals surface area (Å²) >= 11 is 6.13. The molecule has 4 nitrogen and oxygen atoms in total. The Kier molecular flexibility index (Phi) is 9.97. The van der Waals surface area contributed by atoms with Crippen molar-refractivity contribution in [3.05, 3.63) is 64.2 Å². The molecule has 0 aliphatic carbocycles. The van der Waals surface area contributed by atoms with Crippen LogP contribution in [-0.2, 0) is 4.79 Å². The van der Waals surface area contributed by atoms with E-state index in [1.165, 1.54) is 31.8 Å². The summed E-state index contributed by atoms with van der Waals surface area (Å²) in [5.74, 6) is 0.147. The molecule has 158 valence electrons. The van der Waals surface area contributed by atoms with Gasteiger partial charge in [-0.3, -0.25) is 4.79 Å². The minimum absolute atomic E-state index is 0.0109. The number of unbranched alkanes of at least 4 members (excludes halogenated alkanes) is 5. The first-order valence-electron chi connectivity index (χ1n) is 10.5. The van der Waals surface area contributed by atoms with Gasteiger partial charge in [0.1, 0.15) is 17.4 Å². The molecule has 30 heavy (non-hydrogen) atoms. The summed E-state index contributed by atoms with van der Waals surface area (Å²) in [4.78, 5) is 12.6. The topological polar surface area (TPSA) is 62.1 Å². The molecule has 0 bridgehead atoms. The van der Waals surface area contributed by atoms with Crippen molar-refractivity contribution in [2.75, 3.05) is 11.9 Å². The molecule has 0 spiro atoms. The van der Waals surface area contributed by atoms with E-state index in [1.807, 2.05) is 31.2 Å². The van der Waals surface area contributed by atoms with Gasteiger partial charge in [0.25, 0.3) is 5.91 Å². The number of nitrogens with zero attached hydrogens (tertiary/aromatic N) is 1. The fourth-order valence-electron chi connectivity index (χ4n) is 3.05. The number of carbonyl (C=O) groups excluding carboxylic acids is 1. The predicted molar refractivity (Wildman–Crippen MR) is 124 cm³/mol. The lowest BCUT2D eigenvalue weighted by Crippen LogP contribution is -2.13. The summed E-state index contributed by atoms with van der Waals surface area (Å²) < 4.78 is 5.91. The number of ether oxygens (including phenoxy) is 1. The Morgan fingerprint density at radius 1 is 1.13 bits per heavy atom. The molecule has 5 heteroatoms. The molecule has 0 saturated heterocycles. The number of benzene rings is 2. The Bertz CT molecular complexity index is 916. The van der Waals surface area contributed by atoms with Gasteiger partial charge < -0.3 is 10.1 Å². The minimum atomic E-state index is -0.468. The van der Waals surface area contributed by atoms with Gasteiger partial charge in [0.15, 0.2) is 0 Å². The molecule has 0 heterocycles. The number of hydrogen-bond donors (Lipinski definition) is 1. The number of hydrogen-bond acceptors (Lipinski definition) is 3. The Morgan fingerprint density at radius 3 is 2.63 bits per heavy atom. The average molecular weight is 425 g/mol. The van der Waals surface area contributed by atoms with Crippen molar-refractivity contribution in [3.8, 4) is 11.8 Å². The third-order valence-electron chi connectivity index (χ3n) is 4.67. The second kappa shape index (κ2) is 12.7. The summed E-state index contributed by atoms with van der Waals surface area (Å²) in [7, 11) is 0. The summed E-state index contributed by atoms with van der Waals surface area (Å²) in [6.45, 7) is 4.73. The van der Waals surface area contributed by atoms with Gasteiger partial charge in [-0.15, -0.1) is 0 Å². The molecular weight excluding hydrogens is 396 g/mol. The van der Waals surface area contributed by atoms with Crippen LogP contribution in [0.15, 0.2) is 48.0 Å². The van der Waals surface area contributed by atoms with E-state index < -0.39 is 5.91 Å². The molecule has 2 rings (SSSR count). The molecule has 0 saturated carbocycles. The fraction of sp³-hybridized carbons (Fsp3) is 0.360. The third kappa shape index (κ3) is 7.93. The molecular formula is C25H29ClN2O2. The maximum absolute atomic E-state index is 12.6. The van der Waals surface area contributed by atoms with Crippen LogP contribution in [0.4, 0.5) is 5.69 Å². The van der Waals surface area contributed by atoms with Gasteiger partial charge >= 0.3 is 0 Å². The van der Waals surface area contributed by atoms with E-state index in [1.54, 1.807) is 24.3 Å². The highest BCUT2D eigenvalue weighted by molar-refractivity contribution is 6.30. The largest absolute Gasteiger partial charge is 0.493 e. The van der Waals surface area contributed by atoms with Crippen LogP contribution >= 0.6 is 11.6 Å². The van der Waals surface area contributed by atoms with E-state index in [-0.39, 0.29) is 5.57 Å². The van der Waals surface area contributed by atoms with Gasteiger partial charge in [0.2, 0.25) is 0 Å². The van der Waals surface area contributed by atoms with E-state index in [2.05, 4.69) is 12.2 Å². The highest BCUT2D eigenvalue weighted by atomic mass is 35.5. The van der Waals surface area contributed by atoms with Crippen LogP contribution < -0.4 is 10.1 Å². The quantitative estimate of drug-likeness (QED) is 0.241. The molecule has 0 aliphatic rings. The first kappa shape index (κ1) is 23.5. The average Bonchev–Trinajstić information content (AvgIpc) is 2.72. The monoisotopic (exact) mass is 424 g/mol. The van der Waals surface area contributed by atoms with Gasteiger partial charge in [-0.25, -0.2) is 0 Å². The molecule has 0 atom stereocenters. The predicted octanol–water partition coefficient (Wildman–Crippen LogP) is 6.93. The van der Waals surface area contributed by atoms with Crippen molar-refractivity contribution in [3.63, 3.8) is 0 Å². The van der Waals surface area contributed by atoms with Crippen molar-refractivity contribution in [2.24, 2.45) is 0 Å². The number of anilines is 1. The second-order valence-corrected chi connectivity index (χ2v) is 7.73. The molecule has 0 fully saturated rings. The van der Waals surface area contributed by atoms with E-state index in [0.717, 1.165) is 18.4 Å². The molecule has 0 aromatic heterocycles. The molecule has 0 unspecified atom stereocenters. The van der Waals surface area contributed by atoms with Crippen molar-refractivity contribution in [1.82, 2.24) is 0 Å². The van der Waals surface area contributed by atoms with E-state index in [0.29, 0.717) is 28.6 Å². The van der Waals surface area contributed by atoms with Crippen LogP contribution in [0.5, 0.6) is 5.75 Å². The standard InChI is InChI=1S/C25H29ClN2O2/c1-3-4-5-6-7-8-14-30-24-13-12-22(26)17-20(24)16-21(18-27)25(29)28-23-11-9-10-19(2)15-23/h9-13,15-17H,3-8,14H2,1-2H3,(H,28,29)/b21-16+. The number of rotatable bonds is 11. The highest BCUT2D eigenvalue weighted by Crippen LogP contribution is 2.26. The Labute approximate surface area is 184 Å². The third-order valence-corrected chi connectivity index (χ3v) is 4.90.